The molecule has 156 valence electrons. The van der Waals surface area contributed by atoms with Crippen LogP contribution in [0, 0.1) is 10.1 Å². The van der Waals surface area contributed by atoms with E-state index in [1.54, 1.807) is 31.9 Å². The quantitative estimate of drug-likeness (QED) is 0.295. The zero-order valence-electron chi connectivity index (χ0n) is 17.1. The number of nitro benzene ring substituents is 1. The Kier molecular flexibility index (Phi) is 7.11. The SMILES string of the molecule is COCCOC(=O)C1=C(C)N(C)C(C)=C(C(=O)OC)C1c1cccc([N+](=O)[O-])c1. The minimum absolute atomic E-state index is 0.0355. The number of carbonyl (C=O) groups excluding carboxylic acids is 2. The third-order valence-corrected chi connectivity index (χ3v) is 4.92. The van der Waals surface area contributed by atoms with Crippen LogP contribution in [0.15, 0.2) is 46.8 Å². The fraction of sp³-hybridized carbons (Fsp3) is 0.400. The lowest BCUT2D eigenvalue weighted by atomic mass is 9.79. The number of esters is 2. The second-order valence-corrected chi connectivity index (χ2v) is 6.46. The van der Waals surface area contributed by atoms with Crippen molar-refractivity contribution in [3.63, 3.8) is 0 Å². The molecule has 1 aliphatic heterocycles. The summed E-state index contributed by atoms with van der Waals surface area (Å²) >= 11 is 0. The summed E-state index contributed by atoms with van der Waals surface area (Å²) in [5.74, 6) is -2.12. The Balaban J connectivity index is 2.67. The predicted molar refractivity (Wildman–Crippen MR) is 104 cm³/mol. The maximum Gasteiger partial charge on any atom is 0.336 e. The molecule has 0 fully saturated rings. The monoisotopic (exact) mass is 404 g/mol. The molecule has 0 aliphatic carbocycles. The number of non-ortho nitro benzene ring substituents is 1. The second kappa shape index (κ2) is 9.33. The third-order valence-electron chi connectivity index (χ3n) is 4.92. The summed E-state index contributed by atoms with van der Waals surface area (Å²) in [7, 11) is 4.45. The summed E-state index contributed by atoms with van der Waals surface area (Å²) in [5.41, 5.74) is 1.88. The molecule has 0 N–H and O–H groups in total. The molecule has 29 heavy (non-hydrogen) atoms. The number of hydrogen-bond donors (Lipinski definition) is 0. The van der Waals surface area contributed by atoms with Gasteiger partial charge in [0.05, 0.1) is 35.7 Å². The van der Waals surface area contributed by atoms with Crippen LogP contribution < -0.4 is 0 Å². The van der Waals surface area contributed by atoms with Gasteiger partial charge in [-0.2, -0.15) is 0 Å². The molecule has 1 aliphatic rings. The number of allylic oxidation sites excluding steroid dienone is 2. The highest BCUT2D eigenvalue weighted by atomic mass is 16.6. The summed E-state index contributed by atoms with van der Waals surface area (Å²) in [4.78, 5) is 38.0. The molecule has 9 heteroatoms. The Hall–Kier alpha value is -3.20. The average molecular weight is 404 g/mol. The number of nitro groups is 1. The molecule has 0 saturated carbocycles. The highest BCUT2D eigenvalue weighted by Gasteiger charge is 2.40. The summed E-state index contributed by atoms with van der Waals surface area (Å²) < 4.78 is 15.2. The van der Waals surface area contributed by atoms with Crippen molar-refractivity contribution in [1.29, 1.82) is 0 Å². The molecule has 0 aromatic heterocycles. The van der Waals surface area contributed by atoms with Crippen LogP contribution in [0.2, 0.25) is 0 Å². The van der Waals surface area contributed by atoms with Crippen molar-refractivity contribution in [3.8, 4) is 0 Å². The lowest BCUT2D eigenvalue weighted by Crippen LogP contribution is -2.33. The molecule has 1 aromatic carbocycles. The van der Waals surface area contributed by atoms with E-state index in [1.165, 1.54) is 32.4 Å². The Morgan fingerprint density at radius 3 is 2.28 bits per heavy atom. The number of hydrogen-bond acceptors (Lipinski definition) is 8. The second-order valence-electron chi connectivity index (χ2n) is 6.46. The number of benzene rings is 1. The van der Waals surface area contributed by atoms with E-state index >= 15 is 0 Å². The number of carbonyl (C=O) groups is 2. The van der Waals surface area contributed by atoms with Gasteiger partial charge in [0.15, 0.2) is 0 Å². The molecule has 0 radical (unpaired) electrons. The van der Waals surface area contributed by atoms with Crippen molar-refractivity contribution in [2.45, 2.75) is 19.8 Å². The van der Waals surface area contributed by atoms with E-state index in [0.29, 0.717) is 17.0 Å². The van der Waals surface area contributed by atoms with Gasteiger partial charge in [0, 0.05) is 37.7 Å². The molecule has 0 bridgehead atoms. The van der Waals surface area contributed by atoms with Crippen molar-refractivity contribution in [2.75, 3.05) is 34.5 Å². The van der Waals surface area contributed by atoms with E-state index in [2.05, 4.69) is 0 Å². The number of nitrogens with zero attached hydrogens (tertiary/aromatic N) is 2. The van der Waals surface area contributed by atoms with Crippen molar-refractivity contribution in [3.05, 3.63) is 62.5 Å². The van der Waals surface area contributed by atoms with Gasteiger partial charge in [-0.3, -0.25) is 10.1 Å². The van der Waals surface area contributed by atoms with Crippen LogP contribution in [0.1, 0.15) is 25.3 Å². The number of rotatable bonds is 7. The summed E-state index contributed by atoms with van der Waals surface area (Å²) in [6.07, 6.45) is 0. The largest absolute Gasteiger partial charge is 0.466 e. The predicted octanol–water partition coefficient (Wildman–Crippen LogP) is 2.53. The Labute approximate surface area is 168 Å². The molecule has 2 rings (SSSR count). The van der Waals surface area contributed by atoms with Crippen molar-refractivity contribution in [2.24, 2.45) is 0 Å². The smallest absolute Gasteiger partial charge is 0.336 e. The van der Waals surface area contributed by atoms with E-state index in [0.717, 1.165) is 0 Å². The van der Waals surface area contributed by atoms with Crippen molar-refractivity contribution >= 4 is 17.6 Å². The number of ether oxygens (including phenoxy) is 3. The maximum absolute atomic E-state index is 12.9. The minimum atomic E-state index is -0.867. The Morgan fingerprint density at radius 1 is 1.10 bits per heavy atom. The van der Waals surface area contributed by atoms with Gasteiger partial charge in [0.1, 0.15) is 6.61 Å². The first kappa shape index (κ1) is 22.1. The van der Waals surface area contributed by atoms with E-state index in [-0.39, 0.29) is 30.0 Å². The van der Waals surface area contributed by atoms with Crippen LogP contribution in [0.25, 0.3) is 0 Å². The van der Waals surface area contributed by atoms with Gasteiger partial charge in [-0.1, -0.05) is 12.1 Å². The standard InChI is InChI=1S/C20H24N2O7/c1-12-16(19(23)28-5)18(14-7-6-8-15(11-14)22(25)26)17(13(2)21(12)3)20(24)29-10-9-27-4/h6-8,11,18H,9-10H2,1-5H3. The molecule has 9 nitrogen and oxygen atoms in total. The molecule has 1 heterocycles. The molecule has 0 saturated heterocycles. The van der Waals surface area contributed by atoms with E-state index in [4.69, 9.17) is 14.2 Å². The van der Waals surface area contributed by atoms with Crippen LogP contribution in [0.3, 0.4) is 0 Å². The van der Waals surface area contributed by atoms with E-state index in [1.807, 2.05) is 0 Å². The van der Waals surface area contributed by atoms with Gasteiger partial charge < -0.3 is 19.1 Å². The van der Waals surface area contributed by atoms with Crippen molar-refractivity contribution < 1.29 is 28.7 Å². The van der Waals surface area contributed by atoms with Gasteiger partial charge in [0.25, 0.3) is 5.69 Å². The Bertz CT molecular complexity index is 889. The number of methoxy groups -OCH3 is 2. The topological polar surface area (TPSA) is 108 Å². The normalized spacial score (nSPS) is 16.7. The molecule has 0 amide bonds. The van der Waals surface area contributed by atoms with Gasteiger partial charge in [-0.15, -0.1) is 0 Å². The average Bonchev–Trinajstić information content (AvgIpc) is 2.71. The van der Waals surface area contributed by atoms with Crippen LogP contribution in [0.5, 0.6) is 0 Å². The fourth-order valence-corrected chi connectivity index (χ4v) is 3.26. The lowest BCUT2D eigenvalue weighted by Gasteiger charge is -2.35. The van der Waals surface area contributed by atoms with Crippen molar-refractivity contribution in [1.82, 2.24) is 4.90 Å². The zero-order chi connectivity index (χ0) is 21.7. The van der Waals surface area contributed by atoms with Crippen LogP contribution in [0.4, 0.5) is 5.69 Å². The fourth-order valence-electron chi connectivity index (χ4n) is 3.26. The van der Waals surface area contributed by atoms with Gasteiger partial charge in [-0.25, -0.2) is 9.59 Å². The molecule has 0 spiro atoms. The molecule has 1 unspecified atom stereocenters. The zero-order valence-corrected chi connectivity index (χ0v) is 17.1. The van der Waals surface area contributed by atoms with Crippen LogP contribution in [-0.2, 0) is 23.8 Å². The first-order valence-electron chi connectivity index (χ1n) is 8.88. The van der Waals surface area contributed by atoms with Gasteiger partial charge >= 0.3 is 11.9 Å². The van der Waals surface area contributed by atoms with Gasteiger partial charge in [-0.05, 0) is 19.4 Å². The minimum Gasteiger partial charge on any atom is -0.466 e. The molecule has 1 atom stereocenters. The highest BCUT2D eigenvalue weighted by Crippen LogP contribution is 2.42. The highest BCUT2D eigenvalue weighted by molar-refractivity contribution is 5.99. The lowest BCUT2D eigenvalue weighted by molar-refractivity contribution is -0.384. The third kappa shape index (κ3) is 4.45. The van der Waals surface area contributed by atoms with E-state index < -0.39 is 22.8 Å². The molecular weight excluding hydrogens is 380 g/mol. The Morgan fingerprint density at radius 2 is 1.72 bits per heavy atom. The summed E-state index contributed by atoms with van der Waals surface area (Å²) in [6.45, 7) is 3.71. The molecular formula is C20H24N2O7. The van der Waals surface area contributed by atoms with Crippen LogP contribution >= 0.6 is 0 Å². The first-order valence-corrected chi connectivity index (χ1v) is 8.88. The van der Waals surface area contributed by atoms with Gasteiger partial charge in [0.2, 0.25) is 0 Å². The van der Waals surface area contributed by atoms with E-state index in [9.17, 15) is 19.7 Å². The molecule has 1 aromatic rings. The first-order chi connectivity index (χ1) is 13.7. The summed E-state index contributed by atoms with van der Waals surface area (Å²) in [5, 5.41) is 11.3. The van der Waals surface area contributed by atoms with Crippen LogP contribution in [-0.4, -0.2) is 56.2 Å². The maximum atomic E-state index is 12.9. The summed E-state index contributed by atoms with van der Waals surface area (Å²) in [6, 6.07) is 5.84.